The minimum Gasteiger partial charge on any atom is -0.193 e. The minimum atomic E-state index is 1.18. The van der Waals surface area contributed by atoms with Crippen molar-refractivity contribution in [3.8, 4) is 11.5 Å². The average Bonchev–Trinajstić information content (AvgIpc) is 1.69. The highest BCUT2D eigenvalue weighted by molar-refractivity contribution is 7.85. The summed E-state index contributed by atoms with van der Waals surface area (Å²) in [5, 5.41) is 16.1. The summed E-state index contributed by atoms with van der Waals surface area (Å²) in [6.07, 6.45) is 1.18. The van der Waals surface area contributed by atoms with Crippen LogP contribution in [-0.2, 0) is 0 Å². The number of hydrogen-bond donors (Lipinski definition) is 1. The third kappa shape index (κ3) is 9750. The maximum atomic E-state index is 7.51. The standard InChI is InChI=1S/C3H3N.CHNS/c1-2-3-4;2-1-3/h2H,1H2;3H. The van der Waals surface area contributed by atoms with Crippen molar-refractivity contribution >= 4 is 12.6 Å². The van der Waals surface area contributed by atoms with Crippen LogP contribution < -0.4 is 0 Å². The first-order valence-corrected chi connectivity index (χ1v) is 1.81. The Morgan fingerprint density at radius 2 is 1.71 bits per heavy atom. The molecule has 0 N–H and O–H groups in total. The Hall–Kier alpha value is -0.930. The van der Waals surface area contributed by atoms with Gasteiger partial charge in [0.25, 0.3) is 0 Å². The molecule has 0 atom stereocenters. The predicted molar refractivity (Wildman–Crippen MR) is 30.4 cm³/mol. The van der Waals surface area contributed by atoms with Gasteiger partial charge in [0.1, 0.15) is 5.40 Å². The molecule has 0 aliphatic rings. The molecule has 0 aliphatic heterocycles. The fraction of sp³-hybridized carbons (Fsp3) is 0. The monoisotopic (exact) mass is 112 g/mol. The van der Waals surface area contributed by atoms with E-state index in [2.05, 4.69) is 19.2 Å². The van der Waals surface area contributed by atoms with Crippen LogP contribution in [0.1, 0.15) is 0 Å². The highest BCUT2D eigenvalue weighted by Gasteiger charge is 1.34. The summed E-state index contributed by atoms with van der Waals surface area (Å²) in [5.74, 6) is 0. The van der Waals surface area contributed by atoms with Crippen LogP contribution in [0.4, 0.5) is 0 Å². The second-order valence-electron chi connectivity index (χ2n) is 0.433. The number of hydrogen-bond acceptors (Lipinski definition) is 3. The van der Waals surface area contributed by atoms with E-state index in [0.717, 1.165) is 0 Å². The molecule has 0 saturated heterocycles. The Bertz CT molecular complexity index is 106. The van der Waals surface area contributed by atoms with Gasteiger partial charge in [-0.1, -0.05) is 19.2 Å². The van der Waals surface area contributed by atoms with E-state index in [1.54, 1.807) is 6.07 Å². The largest absolute Gasteiger partial charge is 0.193 e. The quantitative estimate of drug-likeness (QED) is 0.289. The highest BCUT2D eigenvalue weighted by atomic mass is 32.1. The molecular formula is C4H4N2S. The molecule has 0 aromatic heterocycles. The summed E-state index contributed by atoms with van der Waals surface area (Å²) >= 11 is 3.09. The topological polar surface area (TPSA) is 47.6 Å². The zero-order valence-electron chi connectivity index (χ0n) is 3.63. The molecule has 0 spiro atoms. The van der Waals surface area contributed by atoms with Gasteiger partial charge in [-0.05, 0) is 0 Å². The summed E-state index contributed by atoms with van der Waals surface area (Å²) in [4.78, 5) is 0. The van der Waals surface area contributed by atoms with Crippen LogP contribution in [0.3, 0.4) is 0 Å². The van der Waals surface area contributed by atoms with Gasteiger partial charge in [-0.2, -0.15) is 10.5 Å². The van der Waals surface area contributed by atoms with Crippen molar-refractivity contribution in [3.63, 3.8) is 0 Å². The van der Waals surface area contributed by atoms with Crippen LogP contribution in [0.25, 0.3) is 0 Å². The number of rotatable bonds is 0. The molecule has 7 heavy (non-hydrogen) atoms. The Labute approximate surface area is 48.1 Å². The van der Waals surface area contributed by atoms with Crippen LogP contribution in [-0.4, -0.2) is 0 Å². The Morgan fingerprint density at radius 3 is 1.71 bits per heavy atom. The maximum absolute atomic E-state index is 7.51. The van der Waals surface area contributed by atoms with Gasteiger partial charge in [0.15, 0.2) is 0 Å². The zero-order chi connectivity index (χ0) is 6.12. The van der Waals surface area contributed by atoms with Crippen LogP contribution >= 0.6 is 12.6 Å². The van der Waals surface area contributed by atoms with Crippen LogP contribution in [0, 0.1) is 22.0 Å². The lowest BCUT2D eigenvalue weighted by atomic mass is 10.8. The molecule has 0 heterocycles. The number of thiocyanates is 1. The van der Waals surface area contributed by atoms with E-state index in [0.29, 0.717) is 0 Å². The van der Waals surface area contributed by atoms with Gasteiger partial charge in [0, 0.05) is 6.08 Å². The van der Waals surface area contributed by atoms with Crippen LogP contribution in [0.2, 0.25) is 0 Å². The number of nitrogens with zero attached hydrogens (tertiary/aromatic N) is 2. The lowest BCUT2D eigenvalue weighted by Gasteiger charge is -1.31. The van der Waals surface area contributed by atoms with Gasteiger partial charge in [-0.15, -0.1) is 0 Å². The van der Waals surface area contributed by atoms with Crippen molar-refractivity contribution in [1.82, 2.24) is 0 Å². The van der Waals surface area contributed by atoms with Gasteiger partial charge in [-0.25, -0.2) is 0 Å². The second kappa shape index (κ2) is 19.6. The van der Waals surface area contributed by atoms with E-state index in [-0.39, 0.29) is 0 Å². The molecular weight excluding hydrogens is 108 g/mol. The smallest absolute Gasteiger partial charge is 0.130 e. The van der Waals surface area contributed by atoms with Crippen molar-refractivity contribution < 1.29 is 0 Å². The normalized spacial score (nSPS) is 3.29. The molecule has 3 heteroatoms. The minimum absolute atomic E-state index is 1.18. The molecule has 0 amide bonds. The third-order valence-electron chi connectivity index (χ3n) is 0.0913. The van der Waals surface area contributed by atoms with Crippen molar-refractivity contribution in [3.05, 3.63) is 12.7 Å². The van der Waals surface area contributed by atoms with E-state index in [9.17, 15) is 0 Å². The van der Waals surface area contributed by atoms with E-state index < -0.39 is 0 Å². The predicted octanol–water partition coefficient (Wildman–Crippen LogP) is 1.09. The molecule has 0 aromatic carbocycles. The molecule has 0 unspecified atom stereocenters. The maximum Gasteiger partial charge on any atom is 0.130 e. The molecule has 36 valence electrons. The molecule has 0 bridgehead atoms. The third-order valence-corrected chi connectivity index (χ3v) is 0.0913. The molecule has 0 saturated carbocycles. The first kappa shape index (κ1) is 9.42. The second-order valence-corrected chi connectivity index (χ2v) is 0.633. The van der Waals surface area contributed by atoms with Gasteiger partial charge >= 0.3 is 0 Å². The Morgan fingerprint density at radius 1 is 1.57 bits per heavy atom. The molecule has 0 radical (unpaired) electrons. The summed E-state index contributed by atoms with van der Waals surface area (Å²) < 4.78 is 0. The van der Waals surface area contributed by atoms with Crippen molar-refractivity contribution in [1.29, 1.82) is 10.5 Å². The van der Waals surface area contributed by atoms with Crippen molar-refractivity contribution in [2.24, 2.45) is 0 Å². The number of thiol groups is 1. The van der Waals surface area contributed by atoms with E-state index in [1.165, 1.54) is 11.5 Å². The number of allylic oxidation sites excluding steroid dienone is 1. The lowest BCUT2D eigenvalue weighted by molar-refractivity contribution is 1.54. The molecule has 0 aromatic rings. The first-order valence-electron chi connectivity index (χ1n) is 1.37. The van der Waals surface area contributed by atoms with E-state index in [1.807, 2.05) is 0 Å². The van der Waals surface area contributed by atoms with Crippen molar-refractivity contribution in [2.75, 3.05) is 0 Å². The summed E-state index contributed by atoms with van der Waals surface area (Å²) in [5.41, 5.74) is 0. The number of nitriles is 2. The SMILES string of the molecule is C=CC#N.N#CS. The highest BCUT2D eigenvalue weighted by Crippen LogP contribution is 1.46. The van der Waals surface area contributed by atoms with E-state index >= 15 is 0 Å². The molecule has 0 aliphatic carbocycles. The fourth-order valence-electron chi connectivity index (χ4n) is 0. The Balaban J connectivity index is 0. The average molecular weight is 112 g/mol. The van der Waals surface area contributed by atoms with E-state index in [4.69, 9.17) is 10.5 Å². The molecule has 2 nitrogen and oxygen atoms in total. The fourth-order valence-corrected chi connectivity index (χ4v) is 0. The van der Waals surface area contributed by atoms with Crippen LogP contribution in [0.5, 0.6) is 0 Å². The van der Waals surface area contributed by atoms with Gasteiger partial charge < -0.3 is 0 Å². The van der Waals surface area contributed by atoms with Crippen LogP contribution in [0.15, 0.2) is 12.7 Å². The van der Waals surface area contributed by atoms with Gasteiger partial charge in [0.2, 0.25) is 0 Å². The molecule has 0 rings (SSSR count). The van der Waals surface area contributed by atoms with Gasteiger partial charge in [-0.3, -0.25) is 0 Å². The Kier molecular flexibility index (Phi) is 26.4. The summed E-state index contributed by atoms with van der Waals surface area (Å²) in [6, 6.07) is 1.69. The molecule has 0 fully saturated rings. The first-order chi connectivity index (χ1) is 3.33. The zero-order valence-corrected chi connectivity index (χ0v) is 4.52. The summed E-state index contributed by atoms with van der Waals surface area (Å²) in [6.45, 7) is 3.12. The summed E-state index contributed by atoms with van der Waals surface area (Å²) in [7, 11) is 0. The van der Waals surface area contributed by atoms with Crippen molar-refractivity contribution in [2.45, 2.75) is 0 Å². The lowest BCUT2D eigenvalue weighted by Crippen LogP contribution is -1.23. The van der Waals surface area contributed by atoms with Gasteiger partial charge in [0.05, 0.1) is 6.07 Å².